The van der Waals surface area contributed by atoms with Crippen molar-refractivity contribution in [1.29, 1.82) is 0 Å². The molecule has 1 aromatic carbocycles. The van der Waals surface area contributed by atoms with Gasteiger partial charge in [0.25, 0.3) is 5.66 Å². The van der Waals surface area contributed by atoms with E-state index in [1.54, 1.807) is 6.92 Å². The Bertz CT molecular complexity index is 414. The molecule has 2 atom stereocenters. The van der Waals surface area contributed by atoms with Crippen LogP contribution in [0.4, 0.5) is 13.2 Å². The van der Waals surface area contributed by atoms with Gasteiger partial charge in [0, 0.05) is 17.4 Å². The van der Waals surface area contributed by atoms with Crippen LogP contribution >= 0.6 is 21.3 Å². The topological polar surface area (TPSA) is 32.3 Å². The lowest BCUT2D eigenvalue weighted by molar-refractivity contribution is 0.103. The Morgan fingerprint density at radius 1 is 1.42 bits per heavy atom. The van der Waals surface area contributed by atoms with Gasteiger partial charge in [0.15, 0.2) is 0 Å². The number of benzene rings is 1. The van der Waals surface area contributed by atoms with Crippen molar-refractivity contribution >= 4 is 21.3 Å². The lowest BCUT2D eigenvalue weighted by Crippen LogP contribution is -2.21. The molecule has 0 spiro atoms. The van der Waals surface area contributed by atoms with Crippen LogP contribution in [-0.2, 0) is 5.66 Å². The molecule has 2 unspecified atom stereocenters. The predicted octanol–water partition coefficient (Wildman–Crippen LogP) is 4.00. The third-order valence-corrected chi connectivity index (χ3v) is 3.47. The molecule has 108 valence electrons. The van der Waals surface area contributed by atoms with Gasteiger partial charge in [0.1, 0.15) is 5.82 Å². The standard InChI is InChI=1S/C12H17F3NOPS/c1-8(16-3-2-4-19-17)9-5-10(12(14,15)18)7-11(13)6-9/h5-8,16-17H,2-4,18H2,1H3. The van der Waals surface area contributed by atoms with E-state index in [9.17, 15) is 13.2 Å². The van der Waals surface area contributed by atoms with Crippen molar-refractivity contribution in [3.8, 4) is 0 Å². The van der Waals surface area contributed by atoms with Crippen molar-refractivity contribution < 1.29 is 17.7 Å². The lowest BCUT2D eigenvalue weighted by atomic mass is 10.0. The first-order valence-corrected chi connectivity index (χ1v) is 7.34. The maximum atomic E-state index is 13.4. The molecular weight excluding hydrogens is 294 g/mol. The van der Waals surface area contributed by atoms with Gasteiger partial charge in [0.05, 0.1) is 0 Å². The van der Waals surface area contributed by atoms with Crippen molar-refractivity contribution in [2.24, 2.45) is 0 Å². The summed E-state index contributed by atoms with van der Waals surface area (Å²) >= 11 is 0.755. The van der Waals surface area contributed by atoms with Gasteiger partial charge in [0.2, 0.25) is 0 Å². The highest BCUT2D eigenvalue weighted by Gasteiger charge is 2.26. The summed E-state index contributed by atoms with van der Waals surface area (Å²) in [5.74, 6) is -0.0770. The largest absolute Gasteiger partial charge is 0.330 e. The van der Waals surface area contributed by atoms with E-state index in [-0.39, 0.29) is 11.6 Å². The number of rotatable bonds is 7. The van der Waals surface area contributed by atoms with Crippen LogP contribution in [0.25, 0.3) is 0 Å². The zero-order valence-electron chi connectivity index (χ0n) is 10.5. The second-order valence-electron chi connectivity index (χ2n) is 4.26. The third-order valence-electron chi connectivity index (χ3n) is 2.67. The van der Waals surface area contributed by atoms with Crippen LogP contribution in [0.5, 0.6) is 0 Å². The molecule has 0 fully saturated rings. The van der Waals surface area contributed by atoms with E-state index in [1.807, 2.05) is 0 Å². The molecule has 7 heteroatoms. The highest BCUT2D eigenvalue weighted by Crippen LogP contribution is 2.36. The molecule has 0 saturated carbocycles. The Balaban J connectivity index is 2.74. The molecule has 2 N–H and O–H groups in total. The van der Waals surface area contributed by atoms with Crippen LogP contribution < -0.4 is 5.32 Å². The van der Waals surface area contributed by atoms with Crippen molar-refractivity contribution in [3.05, 3.63) is 35.1 Å². The van der Waals surface area contributed by atoms with Crippen LogP contribution in [0.1, 0.15) is 30.5 Å². The number of nitrogens with one attached hydrogen (secondary N) is 1. The zero-order valence-corrected chi connectivity index (χ0v) is 12.5. The third kappa shape index (κ3) is 5.69. The van der Waals surface area contributed by atoms with Crippen LogP contribution in [0.15, 0.2) is 18.2 Å². The lowest BCUT2D eigenvalue weighted by Gasteiger charge is -2.17. The van der Waals surface area contributed by atoms with Gasteiger partial charge in [-0.1, -0.05) is 9.24 Å². The number of halogens is 3. The maximum absolute atomic E-state index is 13.4. The second kappa shape index (κ2) is 7.48. The molecule has 0 amide bonds. The maximum Gasteiger partial charge on any atom is 0.283 e. The van der Waals surface area contributed by atoms with Crippen molar-refractivity contribution in [1.82, 2.24) is 5.32 Å². The summed E-state index contributed by atoms with van der Waals surface area (Å²) in [4.78, 5) is 0. The van der Waals surface area contributed by atoms with E-state index in [4.69, 9.17) is 4.55 Å². The molecule has 0 aliphatic heterocycles. The zero-order chi connectivity index (χ0) is 14.5. The van der Waals surface area contributed by atoms with E-state index >= 15 is 0 Å². The minimum atomic E-state index is -3.13. The molecule has 0 aliphatic rings. The smallest absolute Gasteiger partial charge is 0.283 e. The first-order valence-electron chi connectivity index (χ1n) is 5.82. The molecule has 0 aromatic heterocycles. The molecule has 2 nitrogen and oxygen atoms in total. The Hall–Kier alpha value is -0.290. The minimum Gasteiger partial charge on any atom is -0.330 e. The normalized spacial score (nSPS) is 13.6. The molecule has 0 heterocycles. The summed E-state index contributed by atoms with van der Waals surface area (Å²) in [5, 5.41) is 3.10. The van der Waals surface area contributed by atoms with Gasteiger partial charge in [-0.3, -0.25) is 0 Å². The fraction of sp³-hybridized carbons (Fsp3) is 0.500. The van der Waals surface area contributed by atoms with Gasteiger partial charge in [-0.2, -0.15) is 8.78 Å². The van der Waals surface area contributed by atoms with Crippen LogP contribution in [-0.4, -0.2) is 16.9 Å². The van der Waals surface area contributed by atoms with Gasteiger partial charge in [-0.25, -0.2) is 4.39 Å². The molecule has 1 rings (SSSR count). The Morgan fingerprint density at radius 2 is 2.11 bits per heavy atom. The second-order valence-corrected chi connectivity index (χ2v) is 5.65. The minimum absolute atomic E-state index is 0.231. The summed E-state index contributed by atoms with van der Waals surface area (Å²) in [5.41, 5.74) is -3.01. The summed E-state index contributed by atoms with van der Waals surface area (Å²) in [6.45, 7) is 2.41. The van der Waals surface area contributed by atoms with Crippen molar-refractivity contribution in [2.75, 3.05) is 12.3 Å². The van der Waals surface area contributed by atoms with Gasteiger partial charge in [-0.05, 0) is 55.7 Å². The van der Waals surface area contributed by atoms with Crippen molar-refractivity contribution in [2.45, 2.75) is 25.1 Å². The Kier molecular flexibility index (Phi) is 6.60. The first-order chi connectivity index (χ1) is 8.84. The Labute approximate surface area is 117 Å². The quantitative estimate of drug-likeness (QED) is 0.453. The van der Waals surface area contributed by atoms with E-state index in [0.29, 0.717) is 17.9 Å². The number of hydrogen-bond donors (Lipinski definition) is 2. The fourth-order valence-electron chi connectivity index (χ4n) is 1.63. The average molecular weight is 311 g/mol. The van der Waals surface area contributed by atoms with E-state index in [1.165, 1.54) is 21.4 Å². The predicted molar refractivity (Wildman–Crippen MR) is 76.1 cm³/mol. The van der Waals surface area contributed by atoms with Crippen LogP contribution in [0.2, 0.25) is 0 Å². The molecule has 0 bridgehead atoms. The van der Waals surface area contributed by atoms with Crippen LogP contribution in [0, 0.1) is 5.82 Å². The van der Waals surface area contributed by atoms with Crippen LogP contribution in [0.3, 0.4) is 0 Å². The highest BCUT2D eigenvalue weighted by molar-refractivity contribution is 7.93. The van der Waals surface area contributed by atoms with E-state index < -0.39 is 11.5 Å². The summed E-state index contributed by atoms with van der Waals surface area (Å²) in [7, 11) is 1.41. The van der Waals surface area contributed by atoms with E-state index in [2.05, 4.69) is 5.32 Å². The molecule has 0 aliphatic carbocycles. The molecule has 19 heavy (non-hydrogen) atoms. The average Bonchev–Trinajstić information content (AvgIpc) is 2.32. The van der Waals surface area contributed by atoms with Gasteiger partial charge >= 0.3 is 0 Å². The van der Waals surface area contributed by atoms with Gasteiger partial charge in [-0.15, -0.1) is 0 Å². The van der Waals surface area contributed by atoms with E-state index in [0.717, 1.165) is 24.5 Å². The molecule has 0 radical (unpaired) electrons. The monoisotopic (exact) mass is 311 g/mol. The fourth-order valence-corrected chi connectivity index (χ4v) is 2.07. The SMILES string of the molecule is CC(NCCCSO)c1cc(F)cc(C(F)(F)P)c1. The number of hydrogen-bond acceptors (Lipinski definition) is 3. The molecular formula is C12H17F3NOPS. The van der Waals surface area contributed by atoms with Gasteiger partial charge < -0.3 is 9.87 Å². The highest BCUT2D eigenvalue weighted by atomic mass is 32.2. The molecule has 0 saturated heterocycles. The summed E-state index contributed by atoms with van der Waals surface area (Å²) in [6.07, 6.45) is 0.744. The molecule has 1 aromatic rings. The number of alkyl halides is 2. The summed E-state index contributed by atoms with van der Waals surface area (Å²) in [6, 6.07) is 3.16. The first kappa shape index (κ1) is 16.8. The summed E-state index contributed by atoms with van der Waals surface area (Å²) < 4.78 is 48.3. The van der Waals surface area contributed by atoms with Crippen molar-refractivity contribution in [3.63, 3.8) is 0 Å². The Morgan fingerprint density at radius 3 is 2.68 bits per heavy atom.